The zero-order chi connectivity index (χ0) is 13.9. The van der Waals surface area contributed by atoms with E-state index < -0.39 is 5.60 Å². The minimum absolute atomic E-state index is 0.165. The van der Waals surface area contributed by atoms with Crippen molar-refractivity contribution in [1.29, 1.82) is 0 Å². The maximum atomic E-state index is 12.1. The summed E-state index contributed by atoms with van der Waals surface area (Å²) in [6, 6.07) is 7.47. The molecule has 0 radical (unpaired) electrons. The quantitative estimate of drug-likeness (QED) is 0.865. The Balaban J connectivity index is 1.85. The van der Waals surface area contributed by atoms with Crippen molar-refractivity contribution in [3.63, 3.8) is 0 Å². The van der Waals surface area contributed by atoms with E-state index in [0.29, 0.717) is 13.0 Å². The number of piperidine rings is 1. The summed E-state index contributed by atoms with van der Waals surface area (Å²) in [5.41, 5.74) is 0.158. The lowest BCUT2D eigenvalue weighted by molar-refractivity contribution is -0.0153. The number of hydrogen-bond donors (Lipinski definition) is 1. The number of halogens is 1. The van der Waals surface area contributed by atoms with Gasteiger partial charge in [0, 0.05) is 29.5 Å². The molecule has 1 heterocycles. The molecule has 1 unspecified atom stereocenters. The van der Waals surface area contributed by atoms with Gasteiger partial charge in [0.2, 0.25) is 0 Å². The number of β-amino-alcohol motifs (C(OH)–C–C–N with tert-alkyl or cyclic N) is 1. The number of hydrogen-bond acceptors (Lipinski definition) is 3. The van der Waals surface area contributed by atoms with Crippen molar-refractivity contribution in [2.24, 2.45) is 0 Å². The number of rotatable bonds is 4. The lowest BCUT2D eigenvalue weighted by atomic mass is 9.95. The van der Waals surface area contributed by atoms with E-state index in [4.69, 9.17) is 0 Å². The number of likely N-dealkylation sites (tertiary alicyclic amines) is 1. The highest BCUT2D eigenvalue weighted by Gasteiger charge is 2.28. The molecule has 1 aliphatic heterocycles. The lowest BCUT2D eigenvalue weighted by Crippen LogP contribution is -2.46. The fourth-order valence-electron chi connectivity index (χ4n) is 2.55. The Morgan fingerprint density at radius 1 is 1.42 bits per heavy atom. The second-order valence-electron chi connectivity index (χ2n) is 5.56. The highest BCUT2D eigenvalue weighted by Crippen LogP contribution is 2.20. The molecule has 0 aromatic heterocycles. The summed E-state index contributed by atoms with van der Waals surface area (Å²) >= 11 is 3.36. The van der Waals surface area contributed by atoms with Gasteiger partial charge in [0.05, 0.1) is 5.60 Å². The predicted octanol–water partition coefficient (Wildman–Crippen LogP) is 2.87. The standard InChI is InChI=1S/C15H20BrNO2/c1-15(19)8-2-9-17(11-15)10-7-14(18)12-3-5-13(16)6-4-12/h3-6,19H,2,7-11H2,1H3. The largest absolute Gasteiger partial charge is 0.389 e. The van der Waals surface area contributed by atoms with Crippen LogP contribution in [-0.2, 0) is 0 Å². The Morgan fingerprint density at radius 2 is 2.11 bits per heavy atom. The average molecular weight is 326 g/mol. The number of benzene rings is 1. The van der Waals surface area contributed by atoms with Crippen molar-refractivity contribution in [2.45, 2.75) is 31.8 Å². The van der Waals surface area contributed by atoms with E-state index in [0.717, 1.165) is 36.0 Å². The zero-order valence-electron chi connectivity index (χ0n) is 11.2. The summed E-state index contributed by atoms with van der Waals surface area (Å²) in [4.78, 5) is 14.2. The van der Waals surface area contributed by atoms with Crippen molar-refractivity contribution in [2.75, 3.05) is 19.6 Å². The molecule has 19 heavy (non-hydrogen) atoms. The maximum Gasteiger partial charge on any atom is 0.164 e. The first-order valence-corrected chi connectivity index (χ1v) is 7.49. The van der Waals surface area contributed by atoms with Gasteiger partial charge in [-0.25, -0.2) is 0 Å². The maximum absolute atomic E-state index is 12.1. The van der Waals surface area contributed by atoms with Crippen LogP contribution in [0.25, 0.3) is 0 Å². The molecular formula is C15H20BrNO2. The van der Waals surface area contributed by atoms with Crippen molar-refractivity contribution >= 4 is 21.7 Å². The summed E-state index contributed by atoms with van der Waals surface area (Å²) < 4.78 is 0.983. The molecule has 0 aliphatic carbocycles. The van der Waals surface area contributed by atoms with Crippen LogP contribution < -0.4 is 0 Å². The second kappa shape index (κ2) is 6.16. The molecule has 0 amide bonds. The third-order valence-corrected chi connectivity index (χ3v) is 4.10. The lowest BCUT2D eigenvalue weighted by Gasteiger charge is -2.36. The highest BCUT2D eigenvalue weighted by molar-refractivity contribution is 9.10. The van der Waals surface area contributed by atoms with Gasteiger partial charge in [-0.05, 0) is 38.4 Å². The summed E-state index contributed by atoms with van der Waals surface area (Å²) in [6.07, 6.45) is 2.36. The third-order valence-electron chi connectivity index (χ3n) is 3.58. The van der Waals surface area contributed by atoms with E-state index in [1.165, 1.54) is 0 Å². The molecule has 1 aromatic carbocycles. The number of Topliss-reactive ketones (excluding diaryl/α,β-unsaturated/α-hetero) is 1. The van der Waals surface area contributed by atoms with Crippen LogP contribution in [0.2, 0.25) is 0 Å². The fraction of sp³-hybridized carbons (Fsp3) is 0.533. The van der Waals surface area contributed by atoms with Crippen molar-refractivity contribution in [3.05, 3.63) is 34.3 Å². The molecular weight excluding hydrogens is 306 g/mol. The SMILES string of the molecule is CC1(O)CCCN(CCC(=O)c2ccc(Br)cc2)C1. The van der Waals surface area contributed by atoms with Gasteiger partial charge in [-0.3, -0.25) is 4.79 Å². The normalized spacial score (nSPS) is 24.4. The van der Waals surface area contributed by atoms with E-state index in [-0.39, 0.29) is 5.78 Å². The van der Waals surface area contributed by atoms with Crippen LogP contribution in [-0.4, -0.2) is 41.0 Å². The topological polar surface area (TPSA) is 40.5 Å². The Hall–Kier alpha value is -0.710. The first-order valence-electron chi connectivity index (χ1n) is 6.70. The van der Waals surface area contributed by atoms with E-state index in [1.807, 2.05) is 31.2 Å². The number of nitrogens with zero attached hydrogens (tertiary/aromatic N) is 1. The molecule has 1 fully saturated rings. The Morgan fingerprint density at radius 3 is 2.74 bits per heavy atom. The first kappa shape index (κ1) is 14.7. The van der Waals surface area contributed by atoms with Crippen molar-refractivity contribution in [3.8, 4) is 0 Å². The third kappa shape index (κ3) is 4.41. The average Bonchev–Trinajstić information content (AvgIpc) is 2.36. The van der Waals surface area contributed by atoms with Crippen molar-refractivity contribution < 1.29 is 9.90 Å². The molecule has 3 nitrogen and oxygen atoms in total. The van der Waals surface area contributed by atoms with Gasteiger partial charge in [0.15, 0.2) is 5.78 Å². The number of carbonyl (C=O) groups is 1. The van der Waals surface area contributed by atoms with Gasteiger partial charge >= 0.3 is 0 Å². The van der Waals surface area contributed by atoms with Crippen LogP contribution in [0.15, 0.2) is 28.7 Å². The van der Waals surface area contributed by atoms with Gasteiger partial charge in [-0.15, -0.1) is 0 Å². The molecule has 1 atom stereocenters. The smallest absolute Gasteiger partial charge is 0.164 e. The molecule has 1 aromatic rings. The van der Waals surface area contributed by atoms with E-state index in [2.05, 4.69) is 20.8 Å². The number of aliphatic hydroxyl groups is 1. The Labute approximate surface area is 122 Å². The number of carbonyl (C=O) groups excluding carboxylic acids is 1. The minimum atomic E-state index is -0.598. The Kier molecular flexibility index (Phi) is 4.76. The highest BCUT2D eigenvalue weighted by atomic mass is 79.9. The zero-order valence-corrected chi connectivity index (χ0v) is 12.8. The van der Waals surface area contributed by atoms with Gasteiger partial charge < -0.3 is 10.0 Å². The summed E-state index contributed by atoms with van der Waals surface area (Å²) in [7, 11) is 0. The van der Waals surface area contributed by atoms with E-state index in [9.17, 15) is 9.90 Å². The monoisotopic (exact) mass is 325 g/mol. The van der Waals surface area contributed by atoms with Crippen LogP contribution in [0.1, 0.15) is 36.5 Å². The molecule has 1 N–H and O–H groups in total. The molecule has 1 aliphatic rings. The van der Waals surface area contributed by atoms with Crippen LogP contribution in [0, 0.1) is 0 Å². The molecule has 2 rings (SSSR count). The molecule has 0 spiro atoms. The van der Waals surface area contributed by atoms with Gasteiger partial charge in [0.1, 0.15) is 0 Å². The number of ketones is 1. The molecule has 4 heteroatoms. The Bertz CT molecular complexity index is 442. The van der Waals surface area contributed by atoms with E-state index in [1.54, 1.807) is 0 Å². The van der Waals surface area contributed by atoms with Gasteiger partial charge in [0.25, 0.3) is 0 Å². The molecule has 104 valence electrons. The predicted molar refractivity (Wildman–Crippen MR) is 79.4 cm³/mol. The van der Waals surface area contributed by atoms with Gasteiger partial charge in [-0.2, -0.15) is 0 Å². The second-order valence-corrected chi connectivity index (χ2v) is 6.47. The summed E-state index contributed by atoms with van der Waals surface area (Å²) in [6.45, 7) is 4.24. The summed E-state index contributed by atoms with van der Waals surface area (Å²) in [5, 5.41) is 10.0. The van der Waals surface area contributed by atoms with Gasteiger partial charge in [-0.1, -0.05) is 28.1 Å². The van der Waals surface area contributed by atoms with Crippen molar-refractivity contribution in [1.82, 2.24) is 4.90 Å². The van der Waals surface area contributed by atoms with Crippen LogP contribution in [0.3, 0.4) is 0 Å². The first-order chi connectivity index (χ1) is 8.96. The fourth-order valence-corrected chi connectivity index (χ4v) is 2.82. The van der Waals surface area contributed by atoms with Crippen LogP contribution in [0.4, 0.5) is 0 Å². The molecule has 1 saturated heterocycles. The summed E-state index contributed by atoms with van der Waals surface area (Å²) in [5.74, 6) is 0.165. The van der Waals surface area contributed by atoms with Crippen LogP contribution in [0.5, 0.6) is 0 Å². The molecule has 0 saturated carbocycles. The minimum Gasteiger partial charge on any atom is -0.389 e. The van der Waals surface area contributed by atoms with Crippen LogP contribution >= 0.6 is 15.9 Å². The van der Waals surface area contributed by atoms with E-state index >= 15 is 0 Å². The molecule has 0 bridgehead atoms.